The van der Waals surface area contributed by atoms with E-state index in [0.29, 0.717) is 0 Å². The molecule has 0 saturated carbocycles. The van der Waals surface area contributed by atoms with E-state index in [-0.39, 0.29) is 0 Å². The van der Waals surface area contributed by atoms with Gasteiger partial charge in [-0.1, -0.05) is 42.1 Å². The zero-order valence-corrected chi connectivity index (χ0v) is 24.8. The van der Waals surface area contributed by atoms with Gasteiger partial charge in [-0.25, -0.2) is 9.97 Å². The molecule has 0 atom stereocenters. The van der Waals surface area contributed by atoms with Crippen molar-refractivity contribution in [3.8, 4) is 16.3 Å². The van der Waals surface area contributed by atoms with E-state index in [1.54, 1.807) is 0 Å². The highest BCUT2D eigenvalue weighted by atomic mass is 79.9. The van der Waals surface area contributed by atoms with Crippen molar-refractivity contribution in [2.45, 2.75) is 6.42 Å². The molecule has 4 nitrogen and oxygen atoms in total. The molecule has 0 amide bonds. The van der Waals surface area contributed by atoms with E-state index >= 15 is 0 Å². The first kappa shape index (κ1) is 23.3. The van der Waals surface area contributed by atoms with Crippen LogP contribution in [0.15, 0.2) is 82.9 Å². The van der Waals surface area contributed by atoms with Gasteiger partial charge in [-0.15, -0.1) is 0 Å². The second-order valence-electron chi connectivity index (χ2n) is 9.94. The standard InChI is InChI=1S/C32H20Br2N4Si/c33-31-28-17-24-11-9-22(36-24)15-20-7-8-21(35-20)16-23-10-12-25(37-23)18-29(38(28)34)32(31)39-13-3-6-27-26-5-2-1-4-19(26)14-30(27)39/h1-13,15-18,35H,14H2. The molecule has 39 heavy (non-hydrogen) atoms. The Morgan fingerprint density at radius 2 is 1.33 bits per heavy atom. The molecule has 4 aromatic heterocycles. The molecule has 1 N–H and O–H groups in total. The van der Waals surface area contributed by atoms with Crippen LogP contribution in [0.3, 0.4) is 0 Å². The predicted octanol–water partition coefficient (Wildman–Crippen LogP) is 8.64. The number of H-pyrrole nitrogens is 1. The van der Waals surface area contributed by atoms with Crippen LogP contribution in [0.4, 0.5) is 0 Å². The van der Waals surface area contributed by atoms with Crippen molar-refractivity contribution < 1.29 is 0 Å². The quantitative estimate of drug-likeness (QED) is 0.181. The summed E-state index contributed by atoms with van der Waals surface area (Å²) in [5, 5.41) is 2.85. The summed E-state index contributed by atoms with van der Waals surface area (Å²) < 4.78 is 3.20. The van der Waals surface area contributed by atoms with Gasteiger partial charge in [0.05, 0.1) is 58.4 Å². The lowest BCUT2D eigenvalue weighted by molar-refractivity contribution is 1.30. The number of benzene rings is 1. The van der Waals surface area contributed by atoms with Crippen LogP contribution in [0.2, 0.25) is 0 Å². The number of halogens is 2. The number of fused-ring (bicyclic) bond motifs is 11. The molecule has 1 aromatic carbocycles. The molecule has 1 aliphatic carbocycles. The molecular weight excluding hydrogens is 628 g/mol. The Morgan fingerprint density at radius 3 is 2.05 bits per heavy atom. The molecule has 0 radical (unpaired) electrons. The Bertz CT molecular complexity index is 2080. The van der Waals surface area contributed by atoms with Crippen molar-refractivity contribution in [1.82, 2.24) is 18.5 Å². The van der Waals surface area contributed by atoms with Crippen LogP contribution >= 0.6 is 32.1 Å². The van der Waals surface area contributed by atoms with Gasteiger partial charge in [0.15, 0.2) is 0 Å². The van der Waals surface area contributed by atoms with Crippen molar-refractivity contribution >= 4 is 86.8 Å². The second kappa shape index (κ2) is 8.94. The summed E-state index contributed by atoms with van der Waals surface area (Å²) in [6, 6.07) is 26.0. The van der Waals surface area contributed by atoms with Crippen LogP contribution in [-0.2, 0) is 6.42 Å². The Balaban J connectivity index is 1.47. The third-order valence-electron chi connectivity index (χ3n) is 7.52. The Morgan fingerprint density at radius 1 is 0.718 bits per heavy atom. The fourth-order valence-corrected chi connectivity index (χ4v) is 10.5. The maximum atomic E-state index is 4.94. The minimum atomic E-state index is -1.21. The average Bonchev–Trinajstić information content (AvgIpc) is 3.76. The average molecular weight is 648 g/mol. The largest absolute Gasteiger partial charge is 0.355 e. The molecule has 5 aromatic rings. The highest BCUT2D eigenvalue weighted by Crippen LogP contribution is 2.41. The van der Waals surface area contributed by atoms with Gasteiger partial charge in [-0.3, -0.25) is 3.59 Å². The van der Waals surface area contributed by atoms with Crippen molar-refractivity contribution in [3.05, 3.63) is 116 Å². The first-order valence-electron chi connectivity index (χ1n) is 12.8. The van der Waals surface area contributed by atoms with Gasteiger partial charge in [0.25, 0.3) is 0 Å². The molecule has 8 bridgehead atoms. The van der Waals surface area contributed by atoms with Crippen LogP contribution in [0.25, 0.3) is 62.7 Å². The maximum Gasteiger partial charge on any atom is 0.0811 e. The number of nitrogens with one attached hydrogen (secondary N) is 1. The fourth-order valence-electron chi connectivity index (χ4n) is 5.76. The van der Waals surface area contributed by atoms with E-state index in [1.165, 1.54) is 27.1 Å². The van der Waals surface area contributed by atoms with Crippen LogP contribution in [0, 0.1) is 0 Å². The normalized spacial score (nSPS) is 13.1. The lowest BCUT2D eigenvalue weighted by Crippen LogP contribution is -2.04. The molecule has 186 valence electrons. The lowest BCUT2D eigenvalue weighted by Gasteiger charge is -2.08. The first-order chi connectivity index (χ1) is 19.1. The van der Waals surface area contributed by atoms with Crippen molar-refractivity contribution in [2.24, 2.45) is 0 Å². The van der Waals surface area contributed by atoms with Crippen molar-refractivity contribution in [3.63, 3.8) is 0 Å². The van der Waals surface area contributed by atoms with Gasteiger partial charge < -0.3 is 4.98 Å². The molecule has 0 spiro atoms. The molecule has 0 saturated heterocycles. The van der Waals surface area contributed by atoms with E-state index in [1.807, 2.05) is 0 Å². The Kier molecular flexibility index (Phi) is 5.33. The molecule has 2 aliphatic heterocycles. The first-order valence-corrected chi connectivity index (χ1v) is 15.8. The molecule has 3 aliphatic rings. The molecule has 6 heterocycles. The van der Waals surface area contributed by atoms with E-state index < -0.39 is 8.40 Å². The van der Waals surface area contributed by atoms with Gasteiger partial charge in [0.2, 0.25) is 0 Å². The number of aromatic amines is 1. The highest BCUT2D eigenvalue weighted by Gasteiger charge is 2.25. The topological polar surface area (TPSA) is 46.5 Å². The zero-order chi connectivity index (χ0) is 26.1. The van der Waals surface area contributed by atoms with Crippen molar-refractivity contribution in [1.29, 1.82) is 0 Å². The van der Waals surface area contributed by atoms with Gasteiger partial charge in [-0.05, 0) is 105 Å². The maximum absolute atomic E-state index is 4.94. The SMILES string of the molecule is Brc1c(-[si]2cccc3c2Cc2ccccc2-3)c2cc3nc(cc4ccc(cc5nc(cc1n2Br)C=C5)[nH]4)C=C3. The molecule has 7 heteroatoms. The third-order valence-corrected chi connectivity index (χ3v) is 12.1. The molecule has 8 rings (SSSR count). The smallest absolute Gasteiger partial charge is 0.0811 e. The van der Waals surface area contributed by atoms with E-state index in [4.69, 9.17) is 9.97 Å². The summed E-state index contributed by atoms with van der Waals surface area (Å²) in [7, 11) is -1.21. The number of nitrogens with zero attached hydrogens (tertiary/aromatic N) is 3. The fraction of sp³-hybridized carbons (Fsp3) is 0.0312. The summed E-state index contributed by atoms with van der Waals surface area (Å²) in [6.45, 7) is 0. The minimum absolute atomic E-state index is 0.912. The van der Waals surface area contributed by atoms with Crippen LogP contribution in [0.1, 0.15) is 33.5 Å². The highest BCUT2D eigenvalue weighted by molar-refractivity contribution is 9.11. The predicted molar refractivity (Wildman–Crippen MR) is 170 cm³/mol. The summed E-state index contributed by atoms with van der Waals surface area (Å²) in [6.07, 6.45) is 9.28. The van der Waals surface area contributed by atoms with Crippen LogP contribution < -0.4 is 0 Å². The Hall–Kier alpha value is -3.65. The van der Waals surface area contributed by atoms with Crippen LogP contribution in [0.5, 0.6) is 0 Å². The second-order valence-corrected chi connectivity index (χ2v) is 13.7. The van der Waals surface area contributed by atoms with Gasteiger partial charge in [0, 0.05) is 20.7 Å². The number of rotatable bonds is 1. The van der Waals surface area contributed by atoms with Gasteiger partial charge in [-0.2, -0.15) is 0 Å². The number of aromatic nitrogens is 4. The number of hydrogen-bond donors (Lipinski definition) is 1. The molecular formula is C32H20Br2N4Si. The summed E-state index contributed by atoms with van der Waals surface area (Å²) >= 11 is 7.98. The lowest BCUT2D eigenvalue weighted by atomic mass is 10.1. The van der Waals surface area contributed by atoms with Crippen LogP contribution in [-0.4, -0.2) is 26.9 Å². The van der Waals surface area contributed by atoms with E-state index in [0.717, 1.165) is 55.7 Å². The zero-order valence-electron chi connectivity index (χ0n) is 20.6. The molecule has 0 unspecified atom stereocenters. The number of hydrogen-bond acceptors (Lipinski definition) is 2. The van der Waals surface area contributed by atoms with E-state index in [9.17, 15) is 0 Å². The Labute approximate surface area is 243 Å². The van der Waals surface area contributed by atoms with Crippen molar-refractivity contribution in [2.75, 3.05) is 0 Å². The molecule has 0 fully saturated rings. The minimum Gasteiger partial charge on any atom is -0.355 e. The summed E-state index contributed by atoms with van der Waals surface area (Å²) in [5.74, 6) is 0. The monoisotopic (exact) mass is 646 g/mol. The summed E-state index contributed by atoms with van der Waals surface area (Å²) in [4.78, 5) is 13.3. The van der Waals surface area contributed by atoms with E-state index in [2.05, 4.69) is 143 Å². The third kappa shape index (κ3) is 3.87. The summed E-state index contributed by atoms with van der Waals surface area (Å²) in [5.41, 5.74) is 14.4. The van der Waals surface area contributed by atoms with Gasteiger partial charge in [0.1, 0.15) is 0 Å². The van der Waals surface area contributed by atoms with Gasteiger partial charge >= 0.3 is 0 Å².